The molecule has 1 atom stereocenters. The van der Waals surface area contributed by atoms with Crippen LogP contribution in [0, 0.1) is 6.92 Å². The lowest BCUT2D eigenvalue weighted by molar-refractivity contribution is -0.286. The summed E-state index contributed by atoms with van der Waals surface area (Å²) in [7, 11) is 0. The van der Waals surface area contributed by atoms with Crippen LogP contribution in [0.2, 0.25) is 5.02 Å². The Morgan fingerprint density at radius 1 is 1.08 bits per heavy atom. The van der Waals surface area contributed by atoms with Gasteiger partial charge in [0.15, 0.2) is 11.5 Å². The number of anilines is 1. The molecular formula is C18H24ClF2N3O2. The van der Waals surface area contributed by atoms with Gasteiger partial charge >= 0.3 is 6.29 Å². The summed E-state index contributed by atoms with van der Waals surface area (Å²) in [4.78, 5) is 8.05. The summed E-state index contributed by atoms with van der Waals surface area (Å²) in [5.41, 5.74) is 1.38. The Morgan fingerprint density at radius 2 is 1.69 bits per heavy atom. The molecule has 8 heteroatoms. The van der Waals surface area contributed by atoms with Crippen molar-refractivity contribution in [2.75, 3.05) is 5.32 Å². The fourth-order valence-corrected chi connectivity index (χ4v) is 2.23. The van der Waals surface area contributed by atoms with E-state index in [0.717, 1.165) is 5.56 Å². The Kier molecular flexibility index (Phi) is 8.02. The van der Waals surface area contributed by atoms with E-state index in [1.54, 1.807) is 13.0 Å². The summed E-state index contributed by atoms with van der Waals surface area (Å²) in [6.07, 6.45) is -2.22. The molecule has 1 aromatic heterocycles. The molecule has 0 saturated carbocycles. The monoisotopic (exact) mass is 387 g/mol. The van der Waals surface area contributed by atoms with Crippen molar-refractivity contribution < 1.29 is 18.3 Å². The second-order valence-electron chi connectivity index (χ2n) is 4.86. The molecule has 1 aliphatic rings. The first-order valence-electron chi connectivity index (χ1n) is 8.49. The van der Waals surface area contributed by atoms with Crippen LogP contribution in [0.1, 0.15) is 51.9 Å². The standard InChI is InChI=1S/C14H12ClF2N3O2.2C2H6/c1-7(20-13-12(15)8(2)18-6-19-13)9-3-4-10-11(5-9)22-14(16,17)21-10;2*1-2/h3-7H,1-2H3,(H,18,19,20);2*1-2H3. The smallest absolute Gasteiger partial charge is 0.395 e. The van der Waals surface area contributed by atoms with E-state index in [2.05, 4.69) is 24.8 Å². The first-order chi connectivity index (χ1) is 12.4. The van der Waals surface area contributed by atoms with Crippen LogP contribution < -0.4 is 14.8 Å². The molecule has 0 spiro atoms. The molecule has 0 amide bonds. The number of nitrogens with zero attached hydrogens (tertiary/aromatic N) is 2. The van der Waals surface area contributed by atoms with E-state index < -0.39 is 6.29 Å². The molecular weight excluding hydrogens is 364 g/mol. The van der Waals surface area contributed by atoms with Crippen molar-refractivity contribution in [3.8, 4) is 11.5 Å². The molecule has 1 aromatic carbocycles. The fourth-order valence-electron chi connectivity index (χ4n) is 2.08. The third kappa shape index (κ3) is 5.17. The third-order valence-corrected chi connectivity index (χ3v) is 3.69. The lowest BCUT2D eigenvalue weighted by Gasteiger charge is -2.16. The lowest BCUT2D eigenvalue weighted by Crippen LogP contribution is -2.25. The molecule has 5 nitrogen and oxygen atoms in total. The Balaban J connectivity index is 0.000000791. The summed E-state index contributed by atoms with van der Waals surface area (Å²) in [5, 5.41) is 3.53. The van der Waals surface area contributed by atoms with Crippen LogP contribution in [0.15, 0.2) is 24.5 Å². The van der Waals surface area contributed by atoms with Crippen LogP contribution >= 0.6 is 11.6 Å². The first kappa shape index (κ1) is 21.9. The van der Waals surface area contributed by atoms with Crippen LogP contribution in [0.4, 0.5) is 14.6 Å². The normalized spacial score (nSPS) is 14.3. The number of hydrogen-bond acceptors (Lipinski definition) is 5. The van der Waals surface area contributed by atoms with Gasteiger partial charge in [-0.25, -0.2) is 9.97 Å². The molecule has 0 aliphatic carbocycles. The van der Waals surface area contributed by atoms with E-state index in [9.17, 15) is 8.78 Å². The molecule has 0 fully saturated rings. The van der Waals surface area contributed by atoms with Gasteiger partial charge in [0.05, 0.1) is 11.7 Å². The van der Waals surface area contributed by atoms with Gasteiger partial charge in [0.2, 0.25) is 0 Å². The molecule has 3 rings (SSSR count). The predicted molar refractivity (Wildman–Crippen MR) is 99.2 cm³/mol. The van der Waals surface area contributed by atoms with Gasteiger partial charge in [-0.2, -0.15) is 0 Å². The zero-order valence-corrected chi connectivity index (χ0v) is 16.5. The minimum absolute atomic E-state index is 0.00103. The highest BCUT2D eigenvalue weighted by atomic mass is 35.5. The van der Waals surface area contributed by atoms with Crippen molar-refractivity contribution in [1.29, 1.82) is 0 Å². The average molecular weight is 388 g/mol. The zero-order chi connectivity index (χ0) is 19.9. The highest BCUT2D eigenvalue weighted by Crippen LogP contribution is 2.42. The van der Waals surface area contributed by atoms with E-state index in [1.165, 1.54) is 18.5 Å². The van der Waals surface area contributed by atoms with Crippen LogP contribution in [-0.2, 0) is 0 Å². The molecule has 0 bridgehead atoms. The largest absolute Gasteiger partial charge is 0.586 e. The molecule has 1 unspecified atom stereocenters. The van der Waals surface area contributed by atoms with Gasteiger partial charge in [0, 0.05) is 0 Å². The zero-order valence-electron chi connectivity index (χ0n) is 15.7. The van der Waals surface area contributed by atoms with E-state index in [-0.39, 0.29) is 17.5 Å². The van der Waals surface area contributed by atoms with E-state index in [4.69, 9.17) is 11.6 Å². The number of hydrogen-bond donors (Lipinski definition) is 1. The Bertz CT molecular complexity index is 730. The van der Waals surface area contributed by atoms with Crippen molar-refractivity contribution in [2.45, 2.75) is 53.9 Å². The van der Waals surface area contributed by atoms with Crippen molar-refractivity contribution in [3.05, 3.63) is 40.8 Å². The lowest BCUT2D eigenvalue weighted by atomic mass is 10.1. The number of ether oxygens (including phenoxy) is 2. The molecule has 0 radical (unpaired) electrons. The maximum atomic E-state index is 13.0. The van der Waals surface area contributed by atoms with Crippen molar-refractivity contribution in [3.63, 3.8) is 0 Å². The fraction of sp³-hybridized carbons (Fsp3) is 0.444. The van der Waals surface area contributed by atoms with E-state index in [0.29, 0.717) is 16.5 Å². The van der Waals surface area contributed by atoms with Gasteiger partial charge in [-0.15, -0.1) is 8.78 Å². The van der Waals surface area contributed by atoms with Crippen molar-refractivity contribution in [2.24, 2.45) is 0 Å². The number of alkyl halides is 2. The highest BCUT2D eigenvalue weighted by molar-refractivity contribution is 6.33. The molecule has 1 N–H and O–H groups in total. The summed E-state index contributed by atoms with van der Waals surface area (Å²) >= 11 is 6.12. The van der Waals surface area contributed by atoms with Crippen molar-refractivity contribution >= 4 is 17.4 Å². The highest BCUT2D eigenvalue weighted by Gasteiger charge is 2.43. The summed E-state index contributed by atoms with van der Waals surface area (Å²) < 4.78 is 34.8. The third-order valence-electron chi connectivity index (χ3n) is 3.24. The number of halogens is 3. The quantitative estimate of drug-likeness (QED) is 0.701. The number of aromatic nitrogens is 2. The molecule has 1 aliphatic heterocycles. The molecule has 2 aromatic rings. The minimum atomic E-state index is -3.62. The van der Waals surface area contributed by atoms with Gasteiger partial charge in [-0.3, -0.25) is 0 Å². The summed E-state index contributed by atoms with van der Waals surface area (Å²) in [6.45, 7) is 11.6. The maximum absolute atomic E-state index is 13.0. The minimum Gasteiger partial charge on any atom is -0.395 e. The van der Waals surface area contributed by atoms with Gasteiger partial charge in [0.1, 0.15) is 17.2 Å². The Hall–Kier alpha value is -2.15. The van der Waals surface area contributed by atoms with Gasteiger partial charge in [0.25, 0.3) is 0 Å². The first-order valence-corrected chi connectivity index (χ1v) is 8.87. The predicted octanol–water partition coefficient (Wildman–Crippen LogP) is 5.99. The summed E-state index contributed by atoms with van der Waals surface area (Å²) in [5.74, 6) is 0.489. The van der Waals surface area contributed by atoms with Crippen LogP contribution in [-0.4, -0.2) is 16.3 Å². The summed E-state index contributed by atoms with van der Waals surface area (Å²) in [6, 6.07) is 4.38. The number of fused-ring (bicyclic) bond motifs is 1. The molecule has 2 heterocycles. The topological polar surface area (TPSA) is 56.3 Å². The number of rotatable bonds is 3. The molecule has 144 valence electrons. The number of aryl methyl sites for hydroxylation is 1. The van der Waals surface area contributed by atoms with Crippen molar-refractivity contribution in [1.82, 2.24) is 9.97 Å². The van der Waals surface area contributed by atoms with Crippen LogP contribution in [0.5, 0.6) is 11.5 Å². The van der Waals surface area contributed by atoms with Gasteiger partial charge in [-0.1, -0.05) is 45.4 Å². The van der Waals surface area contributed by atoms with E-state index >= 15 is 0 Å². The maximum Gasteiger partial charge on any atom is 0.586 e. The second-order valence-corrected chi connectivity index (χ2v) is 5.24. The Morgan fingerprint density at radius 3 is 2.35 bits per heavy atom. The molecule has 26 heavy (non-hydrogen) atoms. The van der Waals surface area contributed by atoms with Gasteiger partial charge in [-0.05, 0) is 31.5 Å². The second kappa shape index (κ2) is 9.52. The number of benzene rings is 1. The van der Waals surface area contributed by atoms with Crippen LogP contribution in [0.3, 0.4) is 0 Å². The molecule has 0 saturated heterocycles. The van der Waals surface area contributed by atoms with Crippen LogP contribution in [0.25, 0.3) is 0 Å². The Labute approximate surface area is 157 Å². The SMILES string of the molecule is CC.CC.Cc1ncnc(NC(C)c2ccc3c(c2)OC(F)(F)O3)c1Cl. The average Bonchev–Trinajstić information content (AvgIpc) is 2.95. The van der Waals surface area contributed by atoms with E-state index in [1.807, 2.05) is 34.6 Å². The number of nitrogens with one attached hydrogen (secondary N) is 1. The van der Waals surface area contributed by atoms with Gasteiger partial charge < -0.3 is 14.8 Å².